The standard InChI is InChI=1S/C14H21F.C14H22.C13H22N2.C13H21N.2C12H20N2.5C2H6/c1-13(2,3)10-7-8-11(12(15)9-10)14(4,5)6;1-13(2,3)11-7-9-12(10-8-11)14(4,5)6;1-9-10(12(2,3)4)8-14-11(15-9)13(5,6)7;1-12(2,3)10-7-8-11(14-9-10)13(4,5)6;1-11(2,3)9-7-14-10(8-13-9)12(4,5)6;1-11(2,3)9-7-8-10(14-13-9)12(4,5)6;5*1-2/h7-9H,1-6H3;7-10H,1-6H3;8H,1-7H3;7-9H,1-6H3;2*7-8H,1-6H3;5*1-2H3. The summed E-state index contributed by atoms with van der Waals surface area (Å²) in [5.74, 6) is 0.836. The maximum absolute atomic E-state index is 13.9. The van der Waals surface area contributed by atoms with Gasteiger partial charge in [0.25, 0.3) is 0 Å². The summed E-state index contributed by atoms with van der Waals surface area (Å²) in [6.45, 7) is 99.9. The minimum atomic E-state index is -0.125. The number of rotatable bonds is 0. The number of nitrogens with zero attached hydrogens (tertiary/aromatic N) is 7. The Morgan fingerprint density at radius 3 is 0.719 bits per heavy atom. The van der Waals surface area contributed by atoms with Crippen molar-refractivity contribution in [3.8, 4) is 0 Å². The third kappa shape index (κ3) is 38.8. The van der Waals surface area contributed by atoms with Crippen LogP contribution in [0.5, 0.6) is 0 Å². The van der Waals surface area contributed by atoms with Crippen molar-refractivity contribution in [1.82, 2.24) is 35.1 Å². The number of aryl methyl sites for hydroxylation is 1. The normalized spacial score (nSPS) is 12.0. The Labute approximate surface area is 597 Å². The first-order valence-electron chi connectivity index (χ1n) is 36.5. The molecule has 0 saturated heterocycles. The van der Waals surface area contributed by atoms with Crippen LogP contribution in [0, 0.1) is 12.7 Å². The first-order chi connectivity index (χ1) is 43.1. The van der Waals surface area contributed by atoms with Crippen LogP contribution in [-0.4, -0.2) is 35.1 Å². The summed E-state index contributed by atoms with van der Waals surface area (Å²) in [5, 5.41) is 8.53. The molecule has 0 radical (unpaired) electrons. The zero-order valence-electron chi connectivity index (χ0n) is 72.2. The molecule has 4 heterocycles. The highest BCUT2D eigenvalue weighted by Gasteiger charge is 2.26. The summed E-state index contributed by atoms with van der Waals surface area (Å²) >= 11 is 0. The number of pyridine rings is 1. The van der Waals surface area contributed by atoms with Crippen LogP contribution in [0.4, 0.5) is 4.39 Å². The number of aromatic nitrogens is 7. The molecular formula is C88H156FN7. The van der Waals surface area contributed by atoms with Gasteiger partial charge in [0.1, 0.15) is 11.6 Å². The first-order valence-corrected chi connectivity index (χ1v) is 36.5. The van der Waals surface area contributed by atoms with Gasteiger partial charge in [-0.1, -0.05) is 361 Å². The lowest BCUT2D eigenvalue weighted by Gasteiger charge is -2.24. The molecule has 0 N–H and O–H groups in total. The summed E-state index contributed by atoms with van der Waals surface area (Å²) in [6, 6.07) is 23.1. The highest BCUT2D eigenvalue weighted by molar-refractivity contribution is 5.34. The van der Waals surface area contributed by atoms with E-state index in [0.717, 1.165) is 51.1 Å². The smallest absolute Gasteiger partial charge is 0.133 e. The Morgan fingerprint density at radius 1 is 0.240 bits per heavy atom. The molecule has 0 bridgehead atoms. The van der Waals surface area contributed by atoms with Crippen molar-refractivity contribution in [2.75, 3.05) is 0 Å². The fourth-order valence-electron chi connectivity index (χ4n) is 8.14. The molecule has 0 aliphatic rings. The highest BCUT2D eigenvalue weighted by Crippen LogP contribution is 2.32. The molecule has 8 heteroatoms. The van der Waals surface area contributed by atoms with Crippen LogP contribution < -0.4 is 0 Å². The Kier molecular flexibility index (Phi) is 42.8. The second-order valence-corrected chi connectivity index (χ2v) is 36.0. The van der Waals surface area contributed by atoms with Gasteiger partial charge in [-0.2, -0.15) is 10.2 Å². The molecule has 0 amide bonds. The van der Waals surface area contributed by atoms with Crippen molar-refractivity contribution in [2.24, 2.45) is 0 Å². The summed E-state index contributed by atoms with van der Waals surface area (Å²) in [6.07, 6.45) is 7.75. The SMILES string of the molecule is CC.CC.CC.CC.CC.CC(C)(C)c1ccc(C(C)(C)C)c(F)c1.CC(C)(C)c1ccc(C(C)(C)C)cc1.CC(C)(C)c1ccc(C(C)(C)C)nc1.CC(C)(C)c1ccc(C(C)(C)C)nn1.CC(C)(C)c1cnc(C(C)(C)C)cn1.Cc1nc(C(C)(C)C)ncc1C(C)(C)C. The topological polar surface area (TPSA) is 90.2 Å². The molecule has 2 aromatic carbocycles. The van der Waals surface area contributed by atoms with Gasteiger partial charge < -0.3 is 0 Å². The fourth-order valence-corrected chi connectivity index (χ4v) is 8.14. The monoisotopic (exact) mass is 1330 g/mol. The Morgan fingerprint density at radius 2 is 0.510 bits per heavy atom. The lowest BCUT2D eigenvalue weighted by molar-refractivity contribution is 0.513. The van der Waals surface area contributed by atoms with Crippen molar-refractivity contribution >= 4 is 0 Å². The van der Waals surface area contributed by atoms with E-state index in [1.165, 1.54) is 22.3 Å². The average molecular weight is 1330 g/mol. The minimum Gasteiger partial charge on any atom is -0.260 e. The number of hydrogen-bond donors (Lipinski definition) is 0. The predicted molar refractivity (Wildman–Crippen MR) is 429 cm³/mol. The Balaban J connectivity index is -0.000000336. The fraction of sp³-hybridized carbons (Fsp3) is 0.670. The summed E-state index contributed by atoms with van der Waals surface area (Å²) in [7, 11) is 0. The van der Waals surface area contributed by atoms with Gasteiger partial charge in [0.2, 0.25) is 0 Å². The van der Waals surface area contributed by atoms with Crippen molar-refractivity contribution in [2.45, 2.75) is 390 Å². The molecule has 7 nitrogen and oxygen atoms in total. The highest BCUT2D eigenvalue weighted by atomic mass is 19.1. The van der Waals surface area contributed by atoms with Gasteiger partial charge in [-0.3, -0.25) is 15.0 Å². The van der Waals surface area contributed by atoms with Gasteiger partial charge in [-0.05, 0) is 97.1 Å². The van der Waals surface area contributed by atoms with E-state index in [0.29, 0.717) is 0 Å². The van der Waals surface area contributed by atoms with Gasteiger partial charge >= 0.3 is 0 Å². The zero-order valence-corrected chi connectivity index (χ0v) is 72.2. The van der Waals surface area contributed by atoms with Crippen LogP contribution in [-0.2, 0) is 65.0 Å². The van der Waals surface area contributed by atoms with Crippen molar-refractivity contribution < 1.29 is 4.39 Å². The van der Waals surface area contributed by atoms with E-state index in [9.17, 15) is 4.39 Å². The molecule has 6 rings (SSSR count). The van der Waals surface area contributed by atoms with Gasteiger partial charge in [0.15, 0.2) is 0 Å². The van der Waals surface area contributed by atoms with E-state index in [1.54, 1.807) is 6.07 Å². The third-order valence-electron chi connectivity index (χ3n) is 14.5. The maximum Gasteiger partial charge on any atom is 0.133 e. The van der Waals surface area contributed by atoms with Crippen molar-refractivity contribution in [3.05, 3.63) is 171 Å². The lowest BCUT2D eigenvalue weighted by Crippen LogP contribution is -2.20. The minimum absolute atomic E-state index is 0.0112. The van der Waals surface area contributed by atoms with Crippen LogP contribution in [0.2, 0.25) is 0 Å². The maximum atomic E-state index is 13.9. The molecule has 550 valence electrons. The van der Waals surface area contributed by atoms with Crippen LogP contribution >= 0.6 is 0 Å². The molecular weight excluding hydrogens is 1170 g/mol. The second kappa shape index (κ2) is 41.4. The van der Waals surface area contributed by atoms with Gasteiger partial charge in [0, 0.05) is 68.7 Å². The van der Waals surface area contributed by atoms with E-state index in [-0.39, 0.29) is 70.8 Å². The van der Waals surface area contributed by atoms with E-state index >= 15 is 0 Å². The summed E-state index contributed by atoms with van der Waals surface area (Å²) in [4.78, 5) is 22.5. The third-order valence-corrected chi connectivity index (χ3v) is 14.5. The van der Waals surface area contributed by atoms with Crippen LogP contribution in [0.25, 0.3) is 0 Å². The van der Waals surface area contributed by atoms with Crippen LogP contribution in [0.15, 0.2) is 91.5 Å². The molecule has 6 aromatic rings. The lowest BCUT2D eigenvalue weighted by atomic mass is 9.82. The molecule has 0 unspecified atom stereocenters. The molecule has 0 saturated carbocycles. The van der Waals surface area contributed by atoms with E-state index < -0.39 is 0 Å². The van der Waals surface area contributed by atoms with Gasteiger partial charge in [-0.15, -0.1) is 0 Å². The molecule has 0 atom stereocenters. The molecule has 4 aromatic heterocycles. The van der Waals surface area contributed by atoms with Crippen LogP contribution in [0.1, 0.15) is 392 Å². The molecule has 0 spiro atoms. The van der Waals surface area contributed by atoms with Crippen molar-refractivity contribution in [1.29, 1.82) is 0 Å². The second-order valence-electron chi connectivity index (χ2n) is 36.0. The van der Waals surface area contributed by atoms with E-state index in [4.69, 9.17) is 0 Å². The van der Waals surface area contributed by atoms with Crippen molar-refractivity contribution in [3.63, 3.8) is 0 Å². The molecule has 96 heavy (non-hydrogen) atoms. The zero-order chi connectivity index (χ0) is 77.6. The van der Waals surface area contributed by atoms with E-state index in [1.807, 2.05) is 127 Å². The van der Waals surface area contributed by atoms with Gasteiger partial charge in [0.05, 0.1) is 22.8 Å². The predicted octanol–water partition coefficient (Wildman–Crippen LogP) is 27.0. The van der Waals surface area contributed by atoms with Crippen LogP contribution in [0.3, 0.4) is 0 Å². The summed E-state index contributed by atoms with van der Waals surface area (Å²) in [5.41, 5.74) is 14.9. The first kappa shape index (κ1) is 99.4. The molecule has 0 fully saturated rings. The number of hydrogen-bond acceptors (Lipinski definition) is 7. The number of halogens is 1. The van der Waals surface area contributed by atoms with Gasteiger partial charge in [-0.25, -0.2) is 14.4 Å². The Hall–Kier alpha value is -5.24. The largest absolute Gasteiger partial charge is 0.260 e. The molecule has 0 aliphatic heterocycles. The van der Waals surface area contributed by atoms with E-state index in [2.05, 4.69) is 319 Å². The average Bonchev–Trinajstić information content (AvgIpc) is 0.848. The Bertz CT molecular complexity index is 2500. The molecule has 0 aliphatic carbocycles. The summed E-state index contributed by atoms with van der Waals surface area (Å²) < 4.78 is 13.9. The quantitative estimate of drug-likeness (QED) is 0.150. The number of benzene rings is 2.